The zero-order valence-corrected chi connectivity index (χ0v) is 12.8. The molecular weight excluding hydrogens is 324 g/mol. The van der Waals surface area contributed by atoms with Crippen LogP contribution in [0.2, 0.25) is 0 Å². The fraction of sp³-hybridized carbons (Fsp3) is 0.429. The highest BCUT2D eigenvalue weighted by molar-refractivity contribution is 9.10. The first-order chi connectivity index (χ1) is 9.41. The van der Waals surface area contributed by atoms with E-state index in [1.807, 2.05) is 6.92 Å². The minimum absolute atomic E-state index is 0.0509. The first-order valence-electron chi connectivity index (χ1n) is 6.50. The van der Waals surface area contributed by atoms with E-state index in [9.17, 15) is 14.7 Å². The van der Waals surface area contributed by atoms with Crippen molar-refractivity contribution in [1.82, 2.24) is 4.90 Å². The number of hydrogen-bond acceptors (Lipinski definition) is 3. The van der Waals surface area contributed by atoms with Crippen LogP contribution in [0.1, 0.15) is 30.1 Å². The van der Waals surface area contributed by atoms with E-state index in [4.69, 9.17) is 5.73 Å². The van der Waals surface area contributed by atoms with E-state index in [-0.39, 0.29) is 11.8 Å². The average molecular weight is 341 g/mol. The van der Waals surface area contributed by atoms with Gasteiger partial charge in [0.25, 0.3) is 5.91 Å². The van der Waals surface area contributed by atoms with Gasteiger partial charge in [-0.05, 0) is 52.9 Å². The third kappa shape index (κ3) is 2.80. The maximum atomic E-state index is 12.6. The van der Waals surface area contributed by atoms with Gasteiger partial charge in [-0.3, -0.25) is 4.79 Å². The summed E-state index contributed by atoms with van der Waals surface area (Å²) in [6, 6.07) is 4.19. The molecule has 1 aliphatic rings. The number of carbonyl (C=O) groups is 2. The van der Waals surface area contributed by atoms with Crippen LogP contribution in [0.4, 0.5) is 5.69 Å². The first kappa shape index (κ1) is 14.8. The zero-order chi connectivity index (χ0) is 14.9. The van der Waals surface area contributed by atoms with Gasteiger partial charge in [0.15, 0.2) is 0 Å². The lowest BCUT2D eigenvalue weighted by Gasteiger charge is -2.37. The number of piperidine rings is 1. The summed E-state index contributed by atoms with van der Waals surface area (Å²) >= 11 is 3.32. The normalized spacial score (nSPS) is 22.6. The van der Waals surface area contributed by atoms with Gasteiger partial charge in [0.2, 0.25) is 0 Å². The lowest BCUT2D eigenvalue weighted by atomic mass is 9.90. The molecule has 3 N–H and O–H groups in total. The van der Waals surface area contributed by atoms with Crippen LogP contribution in [0.5, 0.6) is 0 Å². The summed E-state index contributed by atoms with van der Waals surface area (Å²) < 4.78 is 0.624. The summed E-state index contributed by atoms with van der Waals surface area (Å²) in [5.74, 6) is -1.29. The molecule has 1 aromatic rings. The van der Waals surface area contributed by atoms with Crippen molar-refractivity contribution >= 4 is 33.5 Å². The molecular formula is C14H17BrN2O3. The number of halogens is 1. The van der Waals surface area contributed by atoms with Crippen LogP contribution in [0.3, 0.4) is 0 Å². The summed E-state index contributed by atoms with van der Waals surface area (Å²) in [6.45, 7) is 2.33. The molecule has 2 unspecified atom stereocenters. The van der Waals surface area contributed by atoms with Crippen molar-refractivity contribution in [2.75, 3.05) is 12.3 Å². The number of anilines is 1. The number of benzene rings is 1. The number of aliphatic carboxylic acids is 1. The molecule has 1 heterocycles. The number of likely N-dealkylation sites (tertiary alicyclic amines) is 1. The molecule has 20 heavy (non-hydrogen) atoms. The topological polar surface area (TPSA) is 83.6 Å². The van der Waals surface area contributed by atoms with E-state index in [0.717, 1.165) is 12.8 Å². The molecule has 108 valence electrons. The van der Waals surface area contributed by atoms with Gasteiger partial charge >= 0.3 is 5.97 Å². The van der Waals surface area contributed by atoms with Gasteiger partial charge in [-0.2, -0.15) is 0 Å². The van der Waals surface area contributed by atoms with Gasteiger partial charge in [-0.15, -0.1) is 0 Å². The molecule has 0 aliphatic carbocycles. The van der Waals surface area contributed by atoms with E-state index >= 15 is 0 Å². The van der Waals surface area contributed by atoms with Crippen LogP contribution in [0, 0.1) is 5.92 Å². The maximum absolute atomic E-state index is 12.6. The number of carbonyl (C=O) groups excluding carboxylic acids is 1. The Bertz CT molecular complexity index is 547. The average Bonchev–Trinajstić information content (AvgIpc) is 2.40. The number of nitrogen functional groups attached to an aromatic ring is 1. The molecule has 0 radical (unpaired) electrons. The number of amides is 1. The quantitative estimate of drug-likeness (QED) is 0.809. The molecule has 0 aromatic heterocycles. The summed E-state index contributed by atoms with van der Waals surface area (Å²) in [7, 11) is 0. The number of nitrogens with zero attached hydrogens (tertiary/aromatic N) is 1. The molecule has 1 amide bonds. The predicted molar refractivity (Wildman–Crippen MR) is 79.4 cm³/mol. The Labute approximate surface area is 125 Å². The highest BCUT2D eigenvalue weighted by Gasteiger charge is 2.37. The lowest BCUT2D eigenvalue weighted by molar-refractivity contribution is -0.145. The Morgan fingerprint density at radius 1 is 1.45 bits per heavy atom. The van der Waals surface area contributed by atoms with Gasteiger partial charge in [-0.25, -0.2) is 4.79 Å². The Kier molecular flexibility index (Phi) is 4.32. The van der Waals surface area contributed by atoms with E-state index in [1.54, 1.807) is 18.2 Å². The number of carboxylic acids is 1. The number of nitrogens with two attached hydrogens (primary N) is 1. The second-order valence-electron chi connectivity index (χ2n) is 5.14. The van der Waals surface area contributed by atoms with E-state index < -0.39 is 12.0 Å². The highest BCUT2D eigenvalue weighted by Crippen LogP contribution is 2.28. The predicted octanol–water partition coefficient (Wildman–Crippen LogP) is 2.36. The smallest absolute Gasteiger partial charge is 0.326 e. The molecule has 2 rings (SSSR count). The first-order valence-corrected chi connectivity index (χ1v) is 7.30. The van der Waals surface area contributed by atoms with Gasteiger partial charge < -0.3 is 15.7 Å². The van der Waals surface area contributed by atoms with Gasteiger partial charge in [0.1, 0.15) is 6.04 Å². The number of rotatable bonds is 2. The highest BCUT2D eigenvalue weighted by atomic mass is 79.9. The molecule has 0 bridgehead atoms. The van der Waals surface area contributed by atoms with Crippen LogP contribution < -0.4 is 5.73 Å². The molecule has 0 spiro atoms. The Morgan fingerprint density at radius 2 is 2.15 bits per heavy atom. The lowest BCUT2D eigenvalue weighted by Crippen LogP contribution is -2.52. The standard InChI is InChI=1S/C14H17BrN2O3/c1-8-3-2-6-17(12(8)14(19)20)13(18)10-7-9(16)4-5-11(10)15/h4-5,7-8,12H,2-3,6,16H2,1H3,(H,19,20). The van der Waals surface area contributed by atoms with Gasteiger partial charge in [-0.1, -0.05) is 6.92 Å². The van der Waals surface area contributed by atoms with E-state index in [1.165, 1.54) is 4.90 Å². The molecule has 1 saturated heterocycles. The minimum Gasteiger partial charge on any atom is -0.480 e. The fourth-order valence-corrected chi connectivity index (χ4v) is 3.07. The van der Waals surface area contributed by atoms with E-state index in [2.05, 4.69) is 15.9 Å². The maximum Gasteiger partial charge on any atom is 0.326 e. The van der Waals surface area contributed by atoms with Crippen molar-refractivity contribution < 1.29 is 14.7 Å². The van der Waals surface area contributed by atoms with Crippen molar-refractivity contribution in [2.24, 2.45) is 5.92 Å². The molecule has 1 fully saturated rings. The molecule has 1 aliphatic heterocycles. The van der Waals surface area contributed by atoms with Crippen LogP contribution in [-0.4, -0.2) is 34.5 Å². The fourth-order valence-electron chi connectivity index (χ4n) is 2.65. The molecule has 2 atom stereocenters. The zero-order valence-electron chi connectivity index (χ0n) is 11.2. The summed E-state index contributed by atoms with van der Waals surface area (Å²) in [6.07, 6.45) is 1.63. The van der Waals surface area contributed by atoms with Crippen molar-refractivity contribution in [1.29, 1.82) is 0 Å². The van der Waals surface area contributed by atoms with E-state index in [0.29, 0.717) is 22.3 Å². The SMILES string of the molecule is CC1CCCN(C(=O)c2cc(N)ccc2Br)C1C(=O)O. The second-order valence-corrected chi connectivity index (χ2v) is 5.99. The minimum atomic E-state index is -0.953. The molecule has 1 aromatic carbocycles. The van der Waals surface area contributed by atoms with Crippen molar-refractivity contribution in [2.45, 2.75) is 25.8 Å². The Morgan fingerprint density at radius 3 is 2.80 bits per heavy atom. The van der Waals surface area contributed by atoms with Crippen LogP contribution in [0.15, 0.2) is 22.7 Å². The van der Waals surface area contributed by atoms with Crippen LogP contribution >= 0.6 is 15.9 Å². The number of hydrogen-bond donors (Lipinski definition) is 2. The van der Waals surface area contributed by atoms with Crippen molar-refractivity contribution in [3.63, 3.8) is 0 Å². The molecule has 6 heteroatoms. The van der Waals surface area contributed by atoms with Crippen LogP contribution in [0.25, 0.3) is 0 Å². The van der Waals surface area contributed by atoms with Gasteiger partial charge in [0.05, 0.1) is 5.56 Å². The third-order valence-corrected chi connectivity index (χ3v) is 4.36. The monoisotopic (exact) mass is 340 g/mol. The summed E-state index contributed by atoms with van der Waals surface area (Å²) in [4.78, 5) is 25.5. The van der Waals surface area contributed by atoms with Crippen molar-refractivity contribution in [3.8, 4) is 0 Å². The Hall–Kier alpha value is -1.56. The molecule has 5 nitrogen and oxygen atoms in total. The largest absolute Gasteiger partial charge is 0.480 e. The second kappa shape index (κ2) is 5.83. The number of carboxylic acid groups (broad SMARTS) is 1. The molecule has 0 saturated carbocycles. The summed E-state index contributed by atoms with van der Waals surface area (Å²) in [5, 5.41) is 9.37. The van der Waals surface area contributed by atoms with Crippen LogP contribution in [-0.2, 0) is 4.79 Å². The third-order valence-electron chi connectivity index (χ3n) is 3.67. The Balaban J connectivity index is 2.35. The summed E-state index contributed by atoms with van der Waals surface area (Å²) in [5.41, 5.74) is 6.60. The van der Waals surface area contributed by atoms with Gasteiger partial charge in [0, 0.05) is 16.7 Å². The van der Waals surface area contributed by atoms with Crippen molar-refractivity contribution in [3.05, 3.63) is 28.2 Å².